The molecule has 0 aliphatic rings. The van der Waals surface area contributed by atoms with Crippen molar-refractivity contribution >= 4 is 22.5 Å². The van der Waals surface area contributed by atoms with Crippen molar-refractivity contribution in [3.63, 3.8) is 0 Å². The van der Waals surface area contributed by atoms with E-state index in [1.807, 2.05) is 0 Å². The monoisotopic (exact) mass is 149 g/mol. The molecule has 0 aliphatic carbocycles. The number of nitrogen functional groups attached to an aromatic ring is 2. The molecular formula is C7H7N3O. The summed E-state index contributed by atoms with van der Waals surface area (Å²) in [5.74, 6) is 0.382. The summed E-state index contributed by atoms with van der Waals surface area (Å²) in [6.45, 7) is 0. The molecule has 0 atom stereocenters. The number of hydrogen-bond acceptors (Lipinski definition) is 4. The molecule has 4 nitrogen and oxygen atoms in total. The molecule has 56 valence electrons. The summed E-state index contributed by atoms with van der Waals surface area (Å²) in [6.07, 6.45) is 0. The number of hydrogen-bond donors (Lipinski definition) is 2. The van der Waals surface area contributed by atoms with Gasteiger partial charge in [0, 0.05) is 5.69 Å². The van der Waals surface area contributed by atoms with Crippen molar-refractivity contribution in [2.24, 2.45) is 0 Å². The van der Waals surface area contributed by atoms with Crippen LogP contribution in [0.4, 0.5) is 11.5 Å². The summed E-state index contributed by atoms with van der Waals surface area (Å²) in [4.78, 5) is 0. The number of fused-ring (bicyclic) bond motifs is 1. The molecule has 1 aromatic carbocycles. The summed E-state index contributed by atoms with van der Waals surface area (Å²) in [5, 5.41) is 4.35. The van der Waals surface area contributed by atoms with Gasteiger partial charge in [0.15, 0.2) is 11.4 Å². The fraction of sp³-hybridized carbons (Fsp3) is 0. The maximum absolute atomic E-state index is 5.53. The third-order valence-corrected chi connectivity index (χ3v) is 1.52. The number of benzene rings is 1. The molecule has 0 saturated heterocycles. The lowest BCUT2D eigenvalue weighted by Crippen LogP contribution is -1.85. The first-order valence-electron chi connectivity index (χ1n) is 3.18. The normalized spacial score (nSPS) is 10.5. The van der Waals surface area contributed by atoms with E-state index in [9.17, 15) is 0 Å². The van der Waals surface area contributed by atoms with Gasteiger partial charge in [0.2, 0.25) is 0 Å². The van der Waals surface area contributed by atoms with Crippen LogP contribution in [-0.2, 0) is 0 Å². The van der Waals surface area contributed by atoms with Gasteiger partial charge in [-0.05, 0) is 18.2 Å². The van der Waals surface area contributed by atoms with Crippen LogP contribution in [-0.4, -0.2) is 5.16 Å². The average molecular weight is 149 g/mol. The second kappa shape index (κ2) is 1.88. The standard InChI is InChI=1S/C7H7N3O/c8-4-1-2-6-5(3-4)7(9)10-11-6/h1-3H,8H2,(H2,9,10). The van der Waals surface area contributed by atoms with Crippen molar-refractivity contribution in [3.8, 4) is 0 Å². The van der Waals surface area contributed by atoms with Gasteiger partial charge in [0.1, 0.15) is 0 Å². The van der Waals surface area contributed by atoms with E-state index in [1.165, 1.54) is 0 Å². The van der Waals surface area contributed by atoms with Gasteiger partial charge < -0.3 is 16.0 Å². The number of nitrogens with two attached hydrogens (primary N) is 2. The van der Waals surface area contributed by atoms with Crippen LogP contribution in [0.15, 0.2) is 22.7 Å². The lowest BCUT2D eigenvalue weighted by molar-refractivity contribution is 0.460. The van der Waals surface area contributed by atoms with Crippen LogP contribution in [0.3, 0.4) is 0 Å². The van der Waals surface area contributed by atoms with E-state index in [1.54, 1.807) is 18.2 Å². The fourth-order valence-electron chi connectivity index (χ4n) is 0.975. The number of aromatic nitrogens is 1. The number of nitrogens with zero attached hydrogens (tertiary/aromatic N) is 1. The molecule has 0 saturated carbocycles. The van der Waals surface area contributed by atoms with Crippen molar-refractivity contribution in [2.45, 2.75) is 0 Å². The molecule has 0 amide bonds. The zero-order valence-corrected chi connectivity index (χ0v) is 5.74. The highest BCUT2D eigenvalue weighted by Crippen LogP contribution is 2.21. The predicted molar refractivity (Wildman–Crippen MR) is 42.8 cm³/mol. The van der Waals surface area contributed by atoms with E-state index in [0.29, 0.717) is 17.1 Å². The van der Waals surface area contributed by atoms with Crippen molar-refractivity contribution in [2.75, 3.05) is 11.5 Å². The van der Waals surface area contributed by atoms with Crippen molar-refractivity contribution in [1.29, 1.82) is 0 Å². The van der Waals surface area contributed by atoms with Crippen molar-refractivity contribution in [3.05, 3.63) is 18.2 Å². The molecule has 0 fully saturated rings. The Kier molecular flexibility index (Phi) is 1.03. The Morgan fingerprint density at radius 2 is 2.09 bits per heavy atom. The minimum absolute atomic E-state index is 0.382. The van der Waals surface area contributed by atoms with Crippen LogP contribution >= 0.6 is 0 Å². The number of rotatable bonds is 0. The predicted octanol–water partition coefficient (Wildman–Crippen LogP) is 0.992. The molecule has 4 heteroatoms. The SMILES string of the molecule is Nc1ccc2onc(N)c2c1. The molecule has 0 radical (unpaired) electrons. The second-order valence-electron chi connectivity index (χ2n) is 2.32. The molecule has 2 aromatic rings. The third-order valence-electron chi connectivity index (χ3n) is 1.52. The third kappa shape index (κ3) is 0.797. The Morgan fingerprint density at radius 1 is 1.27 bits per heavy atom. The minimum Gasteiger partial charge on any atom is -0.399 e. The maximum atomic E-state index is 5.53. The lowest BCUT2D eigenvalue weighted by atomic mass is 10.2. The Hall–Kier alpha value is -1.71. The lowest BCUT2D eigenvalue weighted by Gasteiger charge is -1.89. The van der Waals surface area contributed by atoms with Gasteiger partial charge in [-0.1, -0.05) is 5.16 Å². The van der Waals surface area contributed by atoms with E-state index in [2.05, 4.69) is 5.16 Å². The second-order valence-corrected chi connectivity index (χ2v) is 2.32. The van der Waals surface area contributed by atoms with Gasteiger partial charge in [-0.2, -0.15) is 0 Å². The smallest absolute Gasteiger partial charge is 0.174 e. The Bertz CT molecular complexity index is 393. The van der Waals surface area contributed by atoms with E-state index in [0.717, 1.165) is 5.39 Å². The topological polar surface area (TPSA) is 78.1 Å². The molecule has 0 aliphatic heterocycles. The Morgan fingerprint density at radius 3 is 2.91 bits per heavy atom. The molecule has 1 aromatic heterocycles. The molecule has 0 spiro atoms. The molecule has 4 N–H and O–H groups in total. The van der Waals surface area contributed by atoms with Gasteiger partial charge >= 0.3 is 0 Å². The summed E-state index contributed by atoms with van der Waals surface area (Å²) in [6, 6.07) is 5.22. The van der Waals surface area contributed by atoms with E-state index < -0.39 is 0 Å². The quantitative estimate of drug-likeness (QED) is 0.547. The summed E-state index contributed by atoms with van der Waals surface area (Å²) < 4.78 is 4.87. The van der Waals surface area contributed by atoms with E-state index >= 15 is 0 Å². The highest BCUT2D eigenvalue weighted by Gasteiger charge is 2.02. The highest BCUT2D eigenvalue weighted by molar-refractivity contribution is 5.89. The first kappa shape index (κ1) is 6.03. The maximum Gasteiger partial charge on any atom is 0.174 e. The van der Waals surface area contributed by atoms with Crippen LogP contribution in [0.25, 0.3) is 11.0 Å². The fourth-order valence-corrected chi connectivity index (χ4v) is 0.975. The largest absolute Gasteiger partial charge is 0.399 e. The van der Waals surface area contributed by atoms with Gasteiger partial charge in [0.25, 0.3) is 0 Å². The molecule has 2 rings (SSSR count). The van der Waals surface area contributed by atoms with Crippen molar-refractivity contribution in [1.82, 2.24) is 5.16 Å². The first-order chi connectivity index (χ1) is 5.27. The molecule has 11 heavy (non-hydrogen) atoms. The summed E-state index contributed by atoms with van der Waals surface area (Å²) >= 11 is 0. The van der Waals surface area contributed by atoms with Crippen molar-refractivity contribution < 1.29 is 4.52 Å². The zero-order chi connectivity index (χ0) is 7.84. The minimum atomic E-state index is 0.382. The van der Waals surface area contributed by atoms with Crippen LogP contribution in [0.2, 0.25) is 0 Å². The first-order valence-corrected chi connectivity index (χ1v) is 3.18. The summed E-state index contributed by atoms with van der Waals surface area (Å²) in [5.41, 5.74) is 12.3. The van der Waals surface area contributed by atoms with E-state index in [-0.39, 0.29) is 0 Å². The average Bonchev–Trinajstić information content (AvgIpc) is 2.33. The summed E-state index contributed by atoms with van der Waals surface area (Å²) in [7, 11) is 0. The van der Waals surface area contributed by atoms with Gasteiger partial charge in [-0.15, -0.1) is 0 Å². The van der Waals surface area contributed by atoms with Gasteiger partial charge in [-0.3, -0.25) is 0 Å². The molecular weight excluding hydrogens is 142 g/mol. The number of anilines is 2. The Labute approximate surface area is 62.8 Å². The van der Waals surface area contributed by atoms with Crippen LogP contribution in [0.1, 0.15) is 0 Å². The van der Waals surface area contributed by atoms with E-state index in [4.69, 9.17) is 16.0 Å². The van der Waals surface area contributed by atoms with Crippen LogP contribution < -0.4 is 11.5 Å². The molecule has 1 heterocycles. The zero-order valence-electron chi connectivity index (χ0n) is 5.74. The highest BCUT2D eigenvalue weighted by atomic mass is 16.5. The van der Waals surface area contributed by atoms with Gasteiger partial charge in [-0.25, -0.2) is 0 Å². The molecule has 0 unspecified atom stereocenters. The van der Waals surface area contributed by atoms with Crippen LogP contribution in [0.5, 0.6) is 0 Å². The Balaban J connectivity index is 2.87. The molecule has 0 bridgehead atoms. The van der Waals surface area contributed by atoms with Crippen LogP contribution in [0, 0.1) is 0 Å². The van der Waals surface area contributed by atoms with Gasteiger partial charge in [0.05, 0.1) is 5.39 Å².